The van der Waals surface area contributed by atoms with Crippen molar-refractivity contribution in [3.63, 3.8) is 0 Å². The van der Waals surface area contributed by atoms with E-state index in [1.807, 2.05) is 47.9 Å². The van der Waals surface area contributed by atoms with Gasteiger partial charge < -0.3 is 19.4 Å². The molecule has 0 amide bonds. The van der Waals surface area contributed by atoms with Crippen molar-refractivity contribution in [2.75, 3.05) is 12.4 Å². The molecule has 2 aromatic carbocycles. The SMILES string of the molecule is CCn1c(Nc2nc3ccc(Oc4cccnc4)cc3s2)nc2cc(C(=O)OC)ccc21. The average Bonchev–Trinajstić information content (AvgIpc) is 3.38. The summed E-state index contributed by atoms with van der Waals surface area (Å²) in [5, 5.41) is 4.05. The molecule has 8 nitrogen and oxygen atoms in total. The van der Waals surface area contributed by atoms with Gasteiger partial charge in [0.15, 0.2) is 5.13 Å². The van der Waals surface area contributed by atoms with Crippen molar-refractivity contribution >= 4 is 49.6 Å². The maximum absolute atomic E-state index is 11.9. The van der Waals surface area contributed by atoms with E-state index in [4.69, 9.17) is 9.47 Å². The highest BCUT2D eigenvalue weighted by atomic mass is 32.1. The summed E-state index contributed by atoms with van der Waals surface area (Å²) in [6.45, 7) is 2.76. The molecule has 0 aliphatic heterocycles. The third kappa shape index (κ3) is 3.74. The molecule has 0 aliphatic carbocycles. The highest BCUT2D eigenvalue weighted by Crippen LogP contribution is 2.33. The number of carbonyl (C=O) groups is 1. The van der Waals surface area contributed by atoms with Gasteiger partial charge in [-0.25, -0.2) is 14.8 Å². The number of imidazole rings is 1. The van der Waals surface area contributed by atoms with Crippen LogP contribution in [0.1, 0.15) is 17.3 Å². The Bertz CT molecular complexity index is 1430. The number of carbonyl (C=O) groups excluding carboxylic acids is 1. The fraction of sp³-hybridized carbons (Fsp3) is 0.130. The van der Waals surface area contributed by atoms with E-state index in [1.54, 1.807) is 24.5 Å². The van der Waals surface area contributed by atoms with Crippen LogP contribution in [0.25, 0.3) is 21.3 Å². The second-order valence-electron chi connectivity index (χ2n) is 6.94. The molecular formula is C23H19N5O3S. The molecule has 32 heavy (non-hydrogen) atoms. The standard InChI is InChI=1S/C23H19N5O3S/c1-3-28-19-9-6-14(21(29)30-2)11-18(19)25-22(28)27-23-26-17-8-7-15(12-20(17)32-23)31-16-5-4-10-24-13-16/h4-13H,3H2,1-2H3,(H,25,26,27). The first-order valence-corrected chi connectivity index (χ1v) is 10.8. The number of ether oxygens (including phenoxy) is 2. The second kappa shape index (κ2) is 8.27. The fourth-order valence-electron chi connectivity index (χ4n) is 3.45. The Morgan fingerprint density at radius 1 is 1.09 bits per heavy atom. The number of hydrogen-bond acceptors (Lipinski definition) is 8. The van der Waals surface area contributed by atoms with E-state index in [0.717, 1.165) is 26.6 Å². The molecule has 0 radical (unpaired) electrons. The predicted molar refractivity (Wildman–Crippen MR) is 124 cm³/mol. The molecule has 0 bridgehead atoms. The molecule has 5 aromatic rings. The Labute approximate surface area is 187 Å². The van der Waals surface area contributed by atoms with Crippen LogP contribution in [0.15, 0.2) is 60.9 Å². The molecule has 0 unspecified atom stereocenters. The number of nitrogens with zero attached hydrogens (tertiary/aromatic N) is 4. The molecule has 0 spiro atoms. The minimum Gasteiger partial charge on any atom is -0.465 e. The van der Waals surface area contributed by atoms with Gasteiger partial charge in [0.2, 0.25) is 5.95 Å². The van der Waals surface area contributed by atoms with Gasteiger partial charge in [0.25, 0.3) is 0 Å². The summed E-state index contributed by atoms with van der Waals surface area (Å²) in [5.74, 6) is 1.67. The van der Waals surface area contributed by atoms with E-state index >= 15 is 0 Å². The summed E-state index contributed by atoms with van der Waals surface area (Å²) in [6, 6.07) is 14.8. The molecule has 1 N–H and O–H groups in total. The summed E-state index contributed by atoms with van der Waals surface area (Å²) in [4.78, 5) is 25.3. The van der Waals surface area contributed by atoms with Crippen molar-refractivity contribution < 1.29 is 14.3 Å². The Morgan fingerprint density at radius 3 is 2.78 bits per heavy atom. The number of rotatable bonds is 6. The number of nitrogens with one attached hydrogen (secondary N) is 1. The van der Waals surface area contributed by atoms with Crippen molar-refractivity contribution in [2.24, 2.45) is 0 Å². The highest BCUT2D eigenvalue weighted by Gasteiger charge is 2.15. The third-order valence-corrected chi connectivity index (χ3v) is 5.87. The highest BCUT2D eigenvalue weighted by molar-refractivity contribution is 7.22. The van der Waals surface area contributed by atoms with Gasteiger partial charge >= 0.3 is 5.97 Å². The first-order valence-electron chi connectivity index (χ1n) is 9.98. The van der Waals surface area contributed by atoms with E-state index < -0.39 is 0 Å². The number of fused-ring (bicyclic) bond motifs is 2. The summed E-state index contributed by atoms with van der Waals surface area (Å²) >= 11 is 1.51. The van der Waals surface area contributed by atoms with Gasteiger partial charge in [-0.1, -0.05) is 11.3 Å². The Hall–Kier alpha value is -3.98. The minimum absolute atomic E-state index is 0.386. The van der Waals surface area contributed by atoms with Crippen LogP contribution in [-0.4, -0.2) is 32.6 Å². The van der Waals surface area contributed by atoms with E-state index in [2.05, 4.69) is 20.3 Å². The smallest absolute Gasteiger partial charge is 0.337 e. The molecule has 3 heterocycles. The maximum Gasteiger partial charge on any atom is 0.337 e. The van der Waals surface area contributed by atoms with Gasteiger partial charge in [-0.05, 0) is 49.4 Å². The number of benzene rings is 2. The Kier molecular flexibility index (Phi) is 5.16. The van der Waals surface area contributed by atoms with Crippen molar-refractivity contribution in [3.05, 3.63) is 66.5 Å². The molecule has 0 aliphatic rings. The minimum atomic E-state index is -0.386. The van der Waals surface area contributed by atoms with Crippen molar-refractivity contribution in [1.82, 2.24) is 19.5 Å². The molecule has 5 rings (SSSR count). The number of aromatic nitrogens is 4. The molecule has 0 saturated carbocycles. The maximum atomic E-state index is 11.9. The normalized spacial score (nSPS) is 11.1. The summed E-state index contributed by atoms with van der Waals surface area (Å²) in [7, 11) is 1.37. The van der Waals surface area contributed by atoms with E-state index in [0.29, 0.717) is 29.3 Å². The lowest BCUT2D eigenvalue weighted by atomic mass is 10.2. The zero-order chi connectivity index (χ0) is 22.1. The lowest BCUT2D eigenvalue weighted by Crippen LogP contribution is -2.02. The van der Waals surface area contributed by atoms with Crippen molar-refractivity contribution in [3.8, 4) is 11.5 Å². The quantitative estimate of drug-likeness (QED) is 0.351. The lowest BCUT2D eigenvalue weighted by molar-refractivity contribution is 0.0601. The summed E-state index contributed by atoms with van der Waals surface area (Å²) in [6.07, 6.45) is 3.38. The van der Waals surface area contributed by atoms with Crippen LogP contribution in [0, 0.1) is 0 Å². The molecular weight excluding hydrogens is 426 g/mol. The number of pyridine rings is 1. The van der Waals surface area contributed by atoms with Crippen LogP contribution < -0.4 is 10.1 Å². The van der Waals surface area contributed by atoms with Gasteiger partial charge in [0, 0.05) is 18.8 Å². The van der Waals surface area contributed by atoms with Gasteiger partial charge in [0.1, 0.15) is 11.5 Å². The van der Waals surface area contributed by atoms with Crippen LogP contribution >= 0.6 is 11.3 Å². The number of methoxy groups -OCH3 is 1. The average molecular weight is 446 g/mol. The number of anilines is 2. The number of aryl methyl sites for hydroxylation is 1. The number of hydrogen-bond donors (Lipinski definition) is 1. The van der Waals surface area contributed by atoms with Gasteiger partial charge in [-0.2, -0.15) is 0 Å². The molecule has 3 aromatic heterocycles. The summed E-state index contributed by atoms with van der Waals surface area (Å²) in [5.41, 5.74) is 2.97. The second-order valence-corrected chi connectivity index (χ2v) is 7.97. The Balaban J connectivity index is 1.45. The monoisotopic (exact) mass is 445 g/mol. The molecule has 9 heteroatoms. The fourth-order valence-corrected chi connectivity index (χ4v) is 4.34. The van der Waals surface area contributed by atoms with Gasteiger partial charge in [-0.3, -0.25) is 4.98 Å². The largest absolute Gasteiger partial charge is 0.465 e. The van der Waals surface area contributed by atoms with Crippen molar-refractivity contribution in [2.45, 2.75) is 13.5 Å². The molecule has 0 atom stereocenters. The number of esters is 1. The van der Waals surface area contributed by atoms with Crippen molar-refractivity contribution in [1.29, 1.82) is 0 Å². The lowest BCUT2D eigenvalue weighted by Gasteiger charge is -2.06. The third-order valence-electron chi connectivity index (χ3n) is 4.93. The van der Waals surface area contributed by atoms with Crippen LogP contribution in [-0.2, 0) is 11.3 Å². The van der Waals surface area contributed by atoms with Crippen LogP contribution in [0.2, 0.25) is 0 Å². The molecule has 0 fully saturated rings. The van der Waals surface area contributed by atoms with E-state index in [9.17, 15) is 4.79 Å². The first-order chi connectivity index (χ1) is 15.6. The topological polar surface area (TPSA) is 91.2 Å². The van der Waals surface area contributed by atoms with Gasteiger partial charge in [0.05, 0.1) is 40.1 Å². The van der Waals surface area contributed by atoms with Crippen LogP contribution in [0.4, 0.5) is 11.1 Å². The van der Waals surface area contributed by atoms with Crippen LogP contribution in [0.5, 0.6) is 11.5 Å². The first kappa shape index (κ1) is 20.0. The zero-order valence-corrected chi connectivity index (χ0v) is 18.2. The van der Waals surface area contributed by atoms with E-state index in [1.165, 1.54) is 18.4 Å². The number of thiazole rings is 1. The predicted octanol–water partition coefficient (Wildman–Crippen LogP) is 5.38. The van der Waals surface area contributed by atoms with Crippen LogP contribution in [0.3, 0.4) is 0 Å². The van der Waals surface area contributed by atoms with E-state index in [-0.39, 0.29) is 5.97 Å². The zero-order valence-electron chi connectivity index (χ0n) is 17.4. The summed E-state index contributed by atoms with van der Waals surface area (Å²) < 4.78 is 13.7. The Morgan fingerprint density at radius 2 is 2.00 bits per heavy atom. The molecule has 0 saturated heterocycles. The van der Waals surface area contributed by atoms with Gasteiger partial charge in [-0.15, -0.1) is 0 Å². The molecule has 160 valence electrons.